The molecule has 0 spiro atoms. The molecule has 0 aromatic carbocycles. The molecule has 1 aliphatic heterocycles. The summed E-state index contributed by atoms with van der Waals surface area (Å²) in [5.41, 5.74) is 0.608. The quantitative estimate of drug-likeness (QED) is 0.877. The van der Waals surface area contributed by atoms with Gasteiger partial charge in [-0.25, -0.2) is 4.98 Å². The van der Waals surface area contributed by atoms with Crippen LogP contribution in [0.5, 0.6) is 0 Å². The number of rotatable bonds is 3. The molecule has 1 aromatic rings. The van der Waals surface area contributed by atoms with Gasteiger partial charge >= 0.3 is 0 Å². The summed E-state index contributed by atoms with van der Waals surface area (Å²) >= 11 is 5.75. The molecule has 0 radical (unpaired) electrons. The molecule has 120 valence electrons. The van der Waals surface area contributed by atoms with E-state index < -0.39 is 0 Å². The average molecular weight is 355 g/mol. The Balaban J connectivity index is 0.00000200. The molecule has 1 amide bonds. The van der Waals surface area contributed by atoms with Crippen molar-refractivity contribution < 1.29 is 4.79 Å². The van der Waals surface area contributed by atoms with Crippen molar-refractivity contribution >= 4 is 42.3 Å². The summed E-state index contributed by atoms with van der Waals surface area (Å²) in [7, 11) is 0. The fourth-order valence-electron chi connectivity index (χ4n) is 2.41. The molecule has 2 rings (SSSR count). The van der Waals surface area contributed by atoms with Crippen LogP contribution in [0.2, 0.25) is 5.02 Å². The third-order valence-corrected chi connectivity index (χ3v) is 3.98. The summed E-state index contributed by atoms with van der Waals surface area (Å²) in [6, 6.07) is 3.61. The number of carbonyl (C=O) groups is 1. The maximum Gasteiger partial charge on any atom is 0.269 e. The van der Waals surface area contributed by atoms with Gasteiger partial charge in [0.15, 0.2) is 0 Å². The molecule has 0 saturated carbocycles. The van der Waals surface area contributed by atoms with E-state index in [1.54, 1.807) is 12.1 Å². The second kappa shape index (κ2) is 8.79. The summed E-state index contributed by atoms with van der Waals surface area (Å²) in [4.78, 5) is 16.0. The minimum Gasteiger partial charge on any atom is -0.349 e. The van der Waals surface area contributed by atoms with Crippen molar-refractivity contribution in [2.24, 2.45) is 5.41 Å². The predicted molar refractivity (Wildman–Crippen MR) is 90.9 cm³/mol. The minimum absolute atomic E-state index is 0. The topological polar surface area (TPSA) is 54.0 Å². The lowest BCUT2D eigenvalue weighted by Gasteiger charge is -2.39. The molecule has 4 nitrogen and oxygen atoms in total. The molecule has 1 saturated heterocycles. The molecule has 2 N–H and O–H groups in total. The summed E-state index contributed by atoms with van der Waals surface area (Å²) in [6.45, 7) is 6.10. The number of aromatic nitrogens is 1. The van der Waals surface area contributed by atoms with Gasteiger partial charge in [-0.3, -0.25) is 4.79 Å². The van der Waals surface area contributed by atoms with E-state index in [0.717, 1.165) is 6.54 Å². The Morgan fingerprint density at radius 3 is 2.76 bits per heavy atom. The van der Waals surface area contributed by atoms with E-state index in [1.165, 1.54) is 19.0 Å². The molecule has 1 fully saturated rings. The number of piperidine rings is 1. The van der Waals surface area contributed by atoms with Crippen LogP contribution in [-0.4, -0.2) is 30.0 Å². The van der Waals surface area contributed by atoms with Crippen LogP contribution in [0.3, 0.4) is 0 Å². The lowest BCUT2D eigenvalue weighted by Crippen LogP contribution is -2.52. The lowest BCUT2D eigenvalue weighted by molar-refractivity contribution is 0.0924. The zero-order valence-electron chi connectivity index (χ0n) is 12.2. The van der Waals surface area contributed by atoms with Crippen LogP contribution in [0.1, 0.15) is 37.2 Å². The van der Waals surface area contributed by atoms with Gasteiger partial charge in [0.25, 0.3) is 5.91 Å². The van der Waals surface area contributed by atoms with Crippen LogP contribution in [0.4, 0.5) is 0 Å². The first-order chi connectivity index (χ1) is 8.99. The van der Waals surface area contributed by atoms with Crippen molar-refractivity contribution in [3.8, 4) is 0 Å². The highest BCUT2D eigenvalue weighted by atomic mass is 35.5. The standard InChI is InChI=1S/C14H20ClN3O.2ClH/c1-14(2)6-3-7-16-12(14)9-18-13(19)11-5-4-10(15)8-17-11;;/h4-5,8,12,16H,3,6-7,9H2,1-2H3,(H,18,19);2*1H. The number of nitrogens with zero attached hydrogens (tertiary/aromatic N) is 1. The molecular formula is C14H22Cl3N3O. The van der Waals surface area contributed by atoms with Gasteiger partial charge in [-0.15, -0.1) is 24.8 Å². The second-order valence-corrected chi connectivity index (χ2v) is 6.11. The van der Waals surface area contributed by atoms with E-state index >= 15 is 0 Å². The van der Waals surface area contributed by atoms with Crippen molar-refractivity contribution in [2.45, 2.75) is 32.7 Å². The number of nitrogens with one attached hydrogen (secondary N) is 2. The lowest BCUT2D eigenvalue weighted by atomic mass is 9.77. The summed E-state index contributed by atoms with van der Waals surface area (Å²) < 4.78 is 0. The third kappa shape index (κ3) is 5.62. The first kappa shape index (κ1) is 20.5. The van der Waals surface area contributed by atoms with Gasteiger partial charge in [0.1, 0.15) is 5.69 Å². The van der Waals surface area contributed by atoms with Crippen LogP contribution in [0.25, 0.3) is 0 Å². The molecule has 1 atom stereocenters. The number of hydrogen-bond donors (Lipinski definition) is 2. The normalized spacial score (nSPS) is 19.9. The first-order valence-electron chi connectivity index (χ1n) is 6.62. The molecule has 7 heteroatoms. The van der Waals surface area contributed by atoms with E-state index in [9.17, 15) is 4.79 Å². The van der Waals surface area contributed by atoms with Gasteiger partial charge in [-0.2, -0.15) is 0 Å². The van der Waals surface area contributed by atoms with Crippen LogP contribution >= 0.6 is 36.4 Å². The molecule has 1 aliphatic rings. The van der Waals surface area contributed by atoms with E-state index in [4.69, 9.17) is 11.6 Å². The zero-order chi connectivity index (χ0) is 13.9. The summed E-state index contributed by atoms with van der Waals surface area (Å²) in [5.74, 6) is -0.153. The Hall–Kier alpha value is -0.550. The van der Waals surface area contributed by atoms with Crippen LogP contribution < -0.4 is 10.6 Å². The van der Waals surface area contributed by atoms with Crippen molar-refractivity contribution in [3.05, 3.63) is 29.0 Å². The Labute approximate surface area is 143 Å². The van der Waals surface area contributed by atoms with Crippen molar-refractivity contribution in [3.63, 3.8) is 0 Å². The van der Waals surface area contributed by atoms with Crippen molar-refractivity contribution in [1.82, 2.24) is 15.6 Å². The fraction of sp³-hybridized carbons (Fsp3) is 0.571. The van der Waals surface area contributed by atoms with E-state index in [2.05, 4.69) is 29.5 Å². The fourth-order valence-corrected chi connectivity index (χ4v) is 2.53. The largest absolute Gasteiger partial charge is 0.349 e. The Bertz CT molecular complexity index is 451. The first-order valence-corrected chi connectivity index (χ1v) is 7.00. The molecule has 1 unspecified atom stereocenters. The summed E-state index contributed by atoms with van der Waals surface area (Å²) in [5, 5.41) is 6.94. The van der Waals surface area contributed by atoms with E-state index in [-0.39, 0.29) is 36.1 Å². The highest BCUT2D eigenvalue weighted by molar-refractivity contribution is 6.30. The Morgan fingerprint density at radius 2 is 2.19 bits per heavy atom. The number of carbonyl (C=O) groups excluding carboxylic acids is 1. The minimum atomic E-state index is -0.153. The number of amides is 1. The molecule has 2 heterocycles. The van der Waals surface area contributed by atoms with Gasteiger partial charge < -0.3 is 10.6 Å². The number of pyridine rings is 1. The van der Waals surface area contributed by atoms with Crippen LogP contribution in [-0.2, 0) is 0 Å². The van der Waals surface area contributed by atoms with Gasteiger partial charge in [0.2, 0.25) is 0 Å². The summed E-state index contributed by atoms with van der Waals surface area (Å²) in [6.07, 6.45) is 3.86. The van der Waals surface area contributed by atoms with Gasteiger partial charge in [-0.05, 0) is 36.9 Å². The van der Waals surface area contributed by atoms with Crippen LogP contribution in [0.15, 0.2) is 18.3 Å². The molecule has 0 bridgehead atoms. The molecular weight excluding hydrogens is 333 g/mol. The maximum atomic E-state index is 12.0. The molecule has 1 aromatic heterocycles. The predicted octanol–water partition coefficient (Wildman–Crippen LogP) is 3.09. The van der Waals surface area contributed by atoms with E-state index in [0.29, 0.717) is 23.3 Å². The highest BCUT2D eigenvalue weighted by Crippen LogP contribution is 2.29. The van der Waals surface area contributed by atoms with Gasteiger partial charge in [-0.1, -0.05) is 25.4 Å². The Morgan fingerprint density at radius 1 is 1.48 bits per heavy atom. The molecule has 21 heavy (non-hydrogen) atoms. The highest BCUT2D eigenvalue weighted by Gasteiger charge is 2.31. The van der Waals surface area contributed by atoms with Crippen LogP contribution in [0, 0.1) is 5.41 Å². The third-order valence-electron chi connectivity index (χ3n) is 3.76. The zero-order valence-corrected chi connectivity index (χ0v) is 14.6. The number of hydrogen-bond acceptors (Lipinski definition) is 3. The van der Waals surface area contributed by atoms with Gasteiger partial charge in [0, 0.05) is 18.8 Å². The monoisotopic (exact) mass is 353 g/mol. The van der Waals surface area contributed by atoms with Crippen molar-refractivity contribution in [2.75, 3.05) is 13.1 Å². The smallest absolute Gasteiger partial charge is 0.269 e. The Kier molecular flexibility index (Phi) is 8.56. The molecule has 0 aliphatic carbocycles. The SMILES string of the molecule is CC1(C)CCCNC1CNC(=O)c1ccc(Cl)cn1.Cl.Cl. The van der Waals surface area contributed by atoms with Gasteiger partial charge in [0.05, 0.1) is 5.02 Å². The number of halogens is 3. The van der Waals surface area contributed by atoms with Crippen molar-refractivity contribution in [1.29, 1.82) is 0 Å². The maximum absolute atomic E-state index is 12.0. The average Bonchev–Trinajstić information content (AvgIpc) is 2.37. The van der Waals surface area contributed by atoms with E-state index in [1.807, 2.05) is 0 Å². The second-order valence-electron chi connectivity index (χ2n) is 5.67.